The van der Waals surface area contributed by atoms with Crippen LogP contribution in [-0.2, 0) is 19.4 Å². The van der Waals surface area contributed by atoms with E-state index in [2.05, 4.69) is 15.7 Å². The second kappa shape index (κ2) is 4.13. The van der Waals surface area contributed by atoms with Gasteiger partial charge >= 0.3 is 0 Å². The van der Waals surface area contributed by atoms with Crippen LogP contribution in [0.3, 0.4) is 0 Å². The number of imidazole rings is 1. The highest BCUT2D eigenvalue weighted by molar-refractivity contribution is 5.06. The highest BCUT2D eigenvalue weighted by Gasteiger charge is 2.12. The lowest BCUT2D eigenvalue weighted by Crippen LogP contribution is -2.08. The Balaban J connectivity index is 2.01. The smallest absolute Gasteiger partial charge is 0.108 e. The maximum Gasteiger partial charge on any atom is 0.108 e. The lowest BCUT2D eigenvalue weighted by Gasteiger charge is -2.11. The van der Waals surface area contributed by atoms with Crippen molar-refractivity contribution in [2.24, 2.45) is 0 Å². The van der Waals surface area contributed by atoms with Gasteiger partial charge in [-0.1, -0.05) is 0 Å². The quantitative estimate of drug-likeness (QED) is 0.792. The van der Waals surface area contributed by atoms with Crippen molar-refractivity contribution in [2.45, 2.75) is 51.7 Å². The van der Waals surface area contributed by atoms with Crippen molar-refractivity contribution < 1.29 is 5.11 Å². The number of aryl methyl sites for hydroxylation is 3. The van der Waals surface area contributed by atoms with Gasteiger partial charge in [-0.15, -0.1) is 0 Å². The van der Waals surface area contributed by atoms with E-state index in [9.17, 15) is 5.11 Å². The fourth-order valence-electron chi connectivity index (χ4n) is 1.95. The first kappa shape index (κ1) is 9.71. The van der Waals surface area contributed by atoms with Crippen LogP contribution in [0.1, 0.15) is 37.7 Å². The molecule has 0 unspecified atom stereocenters. The Morgan fingerprint density at radius 3 is 3.14 bits per heavy atom. The Bertz CT molecular complexity index is 281. The summed E-state index contributed by atoms with van der Waals surface area (Å²) in [5.41, 5.74) is 1.14. The molecule has 1 aromatic rings. The number of hydrogen-bond acceptors (Lipinski definition) is 2. The van der Waals surface area contributed by atoms with Crippen molar-refractivity contribution in [2.75, 3.05) is 0 Å². The van der Waals surface area contributed by atoms with Crippen LogP contribution in [0.2, 0.25) is 0 Å². The summed E-state index contributed by atoms with van der Waals surface area (Å²) < 4.78 is 2.26. The standard InChI is InChI=1S/C11H18N2O/c1-9(14)5-6-10-8-13-7-3-2-4-11(13)12-10/h8-9,14H,2-7H2,1H3/t9-/m0/s1. The van der Waals surface area contributed by atoms with Gasteiger partial charge in [-0.25, -0.2) is 4.98 Å². The Morgan fingerprint density at radius 2 is 2.43 bits per heavy atom. The van der Waals surface area contributed by atoms with Gasteiger partial charge in [0, 0.05) is 19.2 Å². The van der Waals surface area contributed by atoms with Gasteiger partial charge in [-0.05, 0) is 32.6 Å². The van der Waals surface area contributed by atoms with E-state index >= 15 is 0 Å². The van der Waals surface area contributed by atoms with E-state index < -0.39 is 0 Å². The zero-order chi connectivity index (χ0) is 9.97. The molecule has 3 nitrogen and oxygen atoms in total. The number of aromatic nitrogens is 2. The first-order valence-electron chi connectivity index (χ1n) is 5.48. The Morgan fingerprint density at radius 1 is 1.57 bits per heavy atom. The fourth-order valence-corrected chi connectivity index (χ4v) is 1.95. The van der Waals surface area contributed by atoms with E-state index in [-0.39, 0.29) is 6.10 Å². The topological polar surface area (TPSA) is 38.0 Å². The lowest BCUT2D eigenvalue weighted by molar-refractivity contribution is 0.184. The van der Waals surface area contributed by atoms with Crippen LogP contribution in [-0.4, -0.2) is 20.8 Å². The predicted octanol–water partition coefficient (Wildman–Crippen LogP) is 1.53. The van der Waals surface area contributed by atoms with Crippen LogP contribution in [0.4, 0.5) is 0 Å². The SMILES string of the molecule is C[C@H](O)CCc1cn2c(n1)CCCC2. The van der Waals surface area contributed by atoms with E-state index in [1.54, 1.807) is 0 Å². The third kappa shape index (κ3) is 2.15. The van der Waals surface area contributed by atoms with Gasteiger partial charge in [0.2, 0.25) is 0 Å². The highest BCUT2D eigenvalue weighted by Crippen LogP contribution is 2.15. The molecular formula is C11H18N2O. The number of nitrogens with zero attached hydrogens (tertiary/aromatic N) is 2. The first-order valence-corrected chi connectivity index (χ1v) is 5.48. The van der Waals surface area contributed by atoms with Gasteiger partial charge in [0.1, 0.15) is 5.82 Å². The molecule has 14 heavy (non-hydrogen) atoms. The molecule has 2 heterocycles. The lowest BCUT2D eigenvalue weighted by atomic mass is 10.2. The van der Waals surface area contributed by atoms with E-state index in [1.807, 2.05) is 6.92 Å². The molecule has 78 valence electrons. The van der Waals surface area contributed by atoms with Crippen LogP contribution in [0, 0.1) is 0 Å². The zero-order valence-electron chi connectivity index (χ0n) is 8.74. The second-order valence-electron chi connectivity index (χ2n) is 4.19. The molecule has 1 aliphatic heterocycles. The van der Waals surface area contributed by atoms with Gasteiger partial charge in [0.15, 0.2) is 0 Å². The van der Waals surface area contributed by atoms with E-state index in [0.29, 0.717) is 0 Å². The van der Waals surface area contributed by atoms with Gasteiger partial charge in [0.25, 0.3) is 0 Å². The molecule has 0 spiro atoms. The summed E-state index contributed by atoms with van der Waals surface area (Å²) in [4.78, 5) is 4.57. The van der Waals surface area contributed by atoms with E-state index in [0.717, 1.165) is 31.5 Å². The molecular weight excluding hydrogens is 176 g/mol. The molecule has 0 saturated heterocycles. The molecule has 0 saturated carbocycles. The molecule has 1 aliphatic rings. The maximum atomic E-state index is 9.18. The van der Waals surface area contributed by atoms with E-state index in [4.69, 9.17) is 0 Å². The molecule has 2 rings (SSSR count). The number of fused-ring (bicyclic) bond motifs is 1. The van der Waals surface area contributed by atoms with Crippen LogP contribution >= 0.6 is 0 Å². The predicted molar refractivity (Wildman–Crippen MR) is 55.2 cm³/mol. The first-order chi connectivity index (χ1) is 6.75. The summed E-state index contributed by atoms with van der Waals surface area (Å²) in [6.45, 7) is 2.95. The minimum Gasteiger partial charge on any atom is -0.393 e. The molecule has 0 fully saturated rings. The third-order valence-corrected chi connectivity index (χ3v) is 2.78. The molecule has 0 radical (unpaired) electrons. The van der Waals surface area contributed by atoms with Crippen molar-refractivity contribution >= 4 is 0 Å². The summed E-state index contributed by atoms with van der Waals surface area (Å²) in [5, 5.41) is 9.18. The minimum atomic E-state index is -0.214. The Labute approximate surface area is 84.8 Å². The van der Waals surface area contributed by atoms with Gasteiger partial charge in [-0.3, -0.25) is 0 Å². The molecule has 1 N–H and O–H groups in total. The van der Waals surface area contributed by atoms with Crippen LogP contribution in [0.5, 0.6) is 0 Å². The van der Waals surface area contributed by atoms with Crippen LogP contribution in [0.15, 0.2) is 6.20 Å². The van der Waals surface area contributed by atoms with E-state index in [1.165, 1.54) is 18.7 Å². The van der Waals surface area contributed by atoms with Crippen molar-refractivity contribution in [1.29, 1.82) is 0 Å². The summed E-state index contributed by atoms with van der Waals surface area (Å²) in [6, 6.07) is 0. The summed E-state index contributed by atoms with van der Waals surface area (Å²) in [7, 11) is 0. The van der Waals surface area contributed by atoms with Gasteiger partial charge in [0.05, 0.1) is 11.8 Å². The molecule has 3 heteroatoms. The number of hydrogen-bond donors (Lipinski definition) is 1. The van der Waals surface area contributed by atoms with Crippen molar-refractivity contribution in [3.8, 4) is 0 Å². The summed E-state index contributed by atoms with van der Waals surface area (Å²) in [6.07, 6.45) is 7.32. The second-order valence-corrected chi connectivity index (χ2v) is 4.19. The number of aliphatic hydroxyl groups excluding tert-OH is 1. The van der Waals surface area contributed by atoms with Crippen LogP contribution < -0.4 is 0 Å². The average Bonchev–Trinajstić information content (AvgIpc) is 2.57. The minimum absolute atomic E-state index is 0.214. The zero-order valence-corrected chi connectivity index (χ0v) is 8.74. The molecule has 0 aromatic carbocycles. The van der Waals surface area contributed by atoms with Crippen molar-refractivity contribution in [3.63, 3.8) is 0 Å². The van der Waals surface area contributed by atoms with Crippen molar-refractivity contribution in [1.82, 2.24) is 9.55 Å². The molecule has 1 atom stereocenters. The number of rotatable bonds is 3. The monoisotopic (exact) mass is 194 g/mol. The average molecular weight is 194 g/mol. The Kier molecular flexibility index (Phi) is 2.87. The summed E-state index contributed by atoms with van der Waals surface area (Å²) in [5.74, 6) is 1.23. The molecule has 0 bridgehead atoms. The largest absolute Gasteiger partial charge is 0.393 e. The van der Waals surface area contributed by atoms with Gasteiger partial charge in [-0.2, -0.15) is 0 Å². The number of aliphatic hydroxyl groups is 1. The molecule has 0 aliphatic carbocycles. The van der Waals surface area contributed by atoms with Gasteiger partial charge < -0.3 is 9.67 Å². The normalized spacial score (nSPS) is 17.9. The van der Waals surface area contributed by atoms with Crippen LogP contribution in [0.25, 0.3) is 0 Å². The third-order valence-electron chi connectivity index (χ3n) is 2.78. The maximum absolute atomic E-state index is 9.18. The highest BCUT2D eigenvalue weighted by atomic mass is 16.3. The fraction of sp³-hybridized carbons (Fsp3) is 0.727. The molecule has 1 aromatic heterocycles. The molecule has 0 amide bonds. The Hall–Kier alpha value is -0.830. The van der Waals surface area contributed by atoms with Crippen molar-refractivity contribution in [3.05, 3.63) is 17.7 Å². The summed E-state index contributed by atoms with van der Waals surface area (Å²) >= 11 is 0.